The number of amides is 2. The molecule has 0 aliphatic heterocycles. The van der Waals surface area contributed by atoms with Crippen LogP contribution < -0.4 is 15.4 Å². The summed E-state index contributed by atoms with van der Waals surface area (Å²) in [6.45, 7) is 4.02. The lowest BCUT2D eigenvalue weighted by Gasteiger charge is -2.12. The first kappa shape index (κ1) is 23.8. The van der Waals surface area contributed by atoms with Crippen molar-refractivity contribution in [2.75, 3.05) is 17.7 Å². The van der Waals surface area contributed by atoms with Gasteiger partial charge in [-0.05, 0) is 49.2 Å². The zero-order chi connectivity index (χ0) is 23.1. The van der Waals surface area contributed by atoms with E-state index in [0.717, 1.165) is 27.0 Å². The summed E-state index contributed by atoms with van der Waals surface area (Å²) in [6, 6.07) is 13.2. The minimum Gasteiger partial charge on any atom is -0.483 e. The summed E-state index contributed by atoms with van der Waals surface area (Å²) in [7, 11) is 1.80. The number of nitrogens with zero attached hydrogens (tertiary/aromatic N) is 3. The summed E-state index contributed by atoms with van der Waals surface area (Å²) < 4.78 is 8.37. The third-order valence-corrected chi connectivity index (χ3v) is 6.13. The number of aryl methyl sites for hydroxylation is 2. The van der Waals surface area contributed by atoms with E-state index in [-0.39, 0.29) is 30.7 Å². The molecule has 0 fully saturated rings. The van der Waals surface area contributed by atoms with E-state index in [1.807, 2.05) is 56.3 Å². The predicted molar refractivity (Wildman–Crippen MR) is 128 cm³/mol. The van der Waals surface area contributed by atoms with Crippen molar-refractivity contribution >= 4 is 45.2 Å². The quantitative estimate of drug-likeness (QED) is 0.420. The second kappa shape index (κ2) is 11.1. The van der Waals surface area contributed by atoms with Gasteiger partial charge in [-0.25, -0.2) is 0 Å². The maximum Gasteiger partial charge on any atom is 0.258 e. The molecule has 2 aromatic carbocycles. The highest BCUT2D eigenvalue weighted by Gasteiger charge is 2.13. The zero-order valence-corrected chi connectivity index (χ0v) is 20.4. The molecule has 0 saturated carbocycles. The number of carbonyl (C=O) groups is 2. The van der Waals surface area contributed by atoms with Crippen LogP contribution in [0.1, 0.15) is 17.0 Å². The van der Waals surface area contributed by atoms with Crippen molar-refractivity contribution in [1.29, 1.82) is 0 Å². The zero-order valence-electron chi connectivity index (χ0n) is 18.0. The lowest BCUT2D eigenvalue weighted by molar-refractivity contribution is -0.123. The molecule has 0 bridgehead atoms. The van der Waals surface area contributed by atoms with Crippen LogP contribution in [0.15, 0.2) is 52.1 Å². The lowest BCUT2D eigenvalue weighted by Crippen LogP contribution is -2.29. The van der Waals surface area contributed by atoms with Crippen LogP contribution in [0.3, 0.4) is 0 Å². The number of halogens is 1. The van der Waals surface area contributed by atoms with Gasteiger partial charge in [-0.15, -0.1) is 10.2 Å². The molecule has 10 heteroatoms. The number of ether oxygens (including phenoxy) is 1. The van der Waals surface area contributed by atoms with Crippen LogP contribution in [0.2, 0.25) is 0 Å². The second-order valence-corrected chi connectivity index (χ2v) is 8.95. The molecule has 0 unspecified atom stereocenters. The number of hydrogen-bond acceptors (Lipinski definition) is 6. The number of carbonyl (C=O) groups excluding carboxylic acids is 2. The largest absolute Gasteiger partial charge is 0.483 e. The van der Waals surface area contributed by atoms with Crippen molar-refractivity contribution in [2.24, 2.45) is 7.05 Å². The van der Waals surface area contributed by atoms with Gasteiger partial charge in [0.2, 0.25) is 5.91 Å². The van der Waals surface area contributed by atoms with Crippen LogP contribution in [0.25, 0.3) is 0 Å². The van der Waals surface area contributed by atoms with Crippen LogP contribution >= 0.6 is 27.7 Å². The van der Waals surface area contributed by atoms with Gasteiger partial charge in [0.05, 0.1) is 12.3 Å². The molecule has 0 radical (unpaired) electrons. The average Bonchev–Trinajstić information content (AvgIpc) is 3.11. The highest BCUT2D eigenvalue weighted by atomic mass is 79.9. The van der Waals surface area contributed by atoms with Crippen LogP contribution in [0.5, 0.6) is 5.75 Å². The Balaban J connectivity index is 1.45. The Morgan fingerprint density at radius 1 is 1.06 bits per heavy atom. The standard InChI is InChI=1S/C22H24BrN5O3S/c1-14-5-4-6-15(2)21(14)31-12-19(29)24-11-18-26-27-22(28(18)3)32-13-20(30)25-17-9-7-16(23)8-10-17/h4-10H,11-13H2,1-3H3,(H,24,29)(H,25,30). The van der Waals surface area contributed by atoms with Crippen LogP contribution in [0.4, 0.5) is 5.69 Å². The Hall–Kier alpha value is -2.85. The molecule has 0 saturated heterocycles. The van der Waals surface area contributed by atoms with Gasteiger partial charge in [0.25, 0.3) is 5.91 Å². The van der Waals surface area contributed by atoms with E-state index in [1.165, 1.54) is 11.8 Å². The first-order valence-electron chi connectivity index (χ1n) is 9.85. The van der Waals surface area contributed by atoms with Gasteiger partial charge < -0.3 is 19.9 Å². The topological polar surface area (TPSA) is 98.1 Å². The molecule has 2 N–H and O–H groups in total. The molecule has 32 heavy (non-hydrogen) atoms. The van der Waals surface area contributed by atoms with Gasteiger partial charge in [0.1, 0.15) is 5.75 Å². The van der Waals surface area contributed by atoms with Gasteiger partial charge >= 0.3 is 0 Å². The highest BCUT2D eigenvalue weighted by Crippen LogP contribution is 2.22. The summed E-state index contributed by atoms with van der Waals surface area (Å²) in [6.07, 6.45) is 0. The van der Waals surface area contributed by atoms with Crippen molar-refractivity contribution < 1.29 is 14.3 Å². The van der Waals surface area contributed by atoms with Crippen molar-refractivity contribution in [1.82, 2.24) is 20.1 Å². The minimum atomic E-state index is -0.251. The van der Waals surface area contributed by atoms with E-state index >= 15 is 0 Å². The molecule has 0 spiro atoms. The lowest BCUT2D eigenvalue weighted by atomic mass is 10.1. The smallest absolute Gasteiger partial charge is 0.258 e. The van der Waals surface area contributed by atoms with E-state index < -0.39 is 0 Å². The first-order chi connectivity index (χ1) is 15.3. The molecule has 0 aliphatic carbocycles. The minimum absolute atomic E-state index is 0.0820. The maximum absolute atomic E-state index is 12.2. The van der Waals surface area contributed by atoms with Gasteiger partial charge in [-0.3, -0.25) is 9.59 Å². The molecule has 1 heterocycles. The van der Waals surface area contributed by atoms with Gasteiger partial charge in [-0.1, -0.05) is 45.9 Å². The van der Waals surface area contributed by atoms with Crippen LogP contribution in [-0.4, -0.2) is 38.9 Å². The van der Waals surface area contributed by atoms with Crippen molar-refractivity contribution in [3.8, 4) is 5.75 Å². The fourth-order valence-corrected chi connectivity index (χ4v) is 3.87. The number of anilines is 1. The summed E-state index contributed by atoms with van der Waals surface area (Å²) in [5.41, 5.74) is 2.69. The monoisotopic (exact) mass is 517 g/mol. The number of nitrogens with one attached hydrogen (secondary N) is 2. The molecule has 8 nitrogen and oxygen atoms in total. The van der Waals surface area contributed by atoms with Crippen molar-refractivity contribution in [3.05, 3.63) is 63.9 Å². The Kier molecular flexibility index (Phi) is 8.29. The molecule has 1 aromatic heterocycles. The molecule has 168 valence electrons. The summed E-state index contributed by atoms with van der Waals surface area (Å²) in [4.78, 5) is 24.4. The number of para-hydroxylation sites is 1. The van der Waals surface area contributed by atoms with E-state index in [2.05, 4.69) is 36.8 Å². The third kappa shape index (κ3) is 6.57. The summed E-state index contributed by atoms with van der Waals surface area (Å²) in [5, 5.41) is 14.4. The maximum atomic E-state index is 12.2. The van der Waals surface area contributed by atoms with Crippen LogP contribution in [0, 0.1) is 13.8 Å². The van der Waals surface area contributed by atoms with Gasteiger partial charge in [0, 0.05) is 17.2 Å². The molecular weight excluding hydrogens is 494 g/mol. The van der Waals surface area contributed by atoms with Gasteiger partial charge in [0.15, 0.2) is 17.6 Å². The van der Waals surface area contributed by atoms with Crippen molar-refractivity contribution in [2.45, 2.75) is 25.5 Å². The Labute approximate surface area is 199 Å². The molecule has 2 amide bonds. The molecule has 0 atom stereocenters. The normalized spacial score (nSPS) is 10.6. The van der Waals surface area contributed by atoms with E-state index in [4.69, 9.17) is 4.74 Å². The van der Waals surface area contributed by atoms with Gasteiger partial charge in [-0.2, -0.15) is 0 Å². The Morgan fingerprint density at radius 3 is 2.44 bits per heavy atom. The number of thioether (sulfide) groups is 1. The number of rotatable bonds is 9. The number of aromatic nitrogens is 3. The molecule has 0 aliphatic rings. The Bertz CT molecular complexity index is 1080. The Morgan fingerprint density at radius 2 is 1.75 bits per heavy atom. The second-order valence-electron chi connectivity index (χ2n) is 7.09. The molecular formula is C22H24BrN5O3S. The van der Waals surface area contributed by atoms with E-state index in [1.54, 1.807) is 11.6 Å². The number of hydrogen-bond donors (Lipinski definition) is 2. The molecule has 3 aromatic rings. The predicted octanol–water partition coefficient (Wildman–Crippen LogP) is 3.62. The summed E-state index contributed by atoms with van der Waals surface area (Å²) >= 11 is 4.64. The SMILES string of the molecule is Cc1cccc(C)c1OCC(=O)NCc1nnc(SCC(=O)Nc2ccc(Br)cc2)n1C. The fraction of sp³-hybridized carbons (Fsp3) is 0.273. The van der Waals surface area contributed by atoms with Crippen LogP contribution in [-0.2, 0) is 23.2 Å². The van der Waals surface area contributed by atoms with Crippen molar-refractivity contribution in [3.63, 3.8) is 0 Å². The summed E-state index contributed by atoms with van der Waals surface area (Å²) in [5.74, 6) is 1.11. The van der Waals surface area contributed by atoms with E-state index in [9.17, 15) is 9.59 Å². The molecule has 3 rings (SSSR count). The number of benzene rings is 2. The first-order valence-corrected chi connectivity index (χ1v) is 11.6. The highest BCUT2D eigenvalue weighted by molar-refractivity contribution is 9.10. The van der Waals surface area contributed by atoms with E-state index in [0.29, 0.717) is 11.0 Å². The fourth-order valence-electron chi connectivity index (χ4n) is 2.88. The average molecular weight is 518 g/mol. The third-order valence-electron chi connectivity index (χ3n) is 4.59.